The van der Waals surface area contributed by atoms with Gasteiger partial charge in [0.25, 0.3) is 0 Å². The largest absolute Gasteiger partial charge is 0.387 e. The zero-order valence-corrected chi connectivity index (χ0v) is 11.9. The van der Waals surface area contributed by atoms with Crippen LogP contribution in [0.15, 0.2) is 0 Å². The first-order chi connectivity index (χ1) is 8.41. The molecule has 18 heavy (non-hydrogen) atoms. The molecule has 1 aliphatic heterocycles. The molecule has 2 rings (SSSR count). The van der Waals surface area contributed by atoms with Crippen LogP contribution in [-0.2, 0) is 19.5 Å². The molecule has 2 heterocycles. The monoisotopic (exact) mass is 253 g/mol. The second kappa shape index (κ2) is 4.97. The third kappa shape index (κ3) is 2.72. The molecule has 0 amide bonds. The van der Waals surface area contributed by atoms with Gasteiger partial charge in [0, 0.05) is 13.0 Å². The van der Waals surface area contributed by atoms with Crippen LogP contribution in [0.2, 0.25) is 0 Å². The minimum atomic E-state index is -0.268. The van der Waals surface area contributed by atoms with Crippen molar-refractivity contribution < 1.29 is 10.0 Å². The van der Waals surface area contributed by atoms with Gasteiger partial charge in [-0.25, -0.2) is 4.68 Å². The van der Waals surface area contributed by atoms with Crippen LogP contribution in [0.4, 0.5) is 0 Å². The molecule has 0 saturated heterocycles. The van der Waals surface area contributed by atoms with Gasteiger partial charge in [0.05, 0.1) is 12.2 Å². The highest BCUT2D eigenvalue weighted by Gasteiger charge is 2.30. The van der Waals surface area contributed by atoms with E-state index in [4.69, 9.17) is 0 Å². The van der Waals surface area contributed by atoms with Gasteiger partial charge in [0.1, 0.15) is 24.9 Å². The first-order valence-corrected chi connectivity index (χ1v) is 6.84. The fourth-order valence-electron chi connectivity index (χ4n) is 2.41. The Kier molecular flexibility index (Phi) is 3.73. The normalized spacial score (nSPS) is 21.7. The first-order valence-electron chi connectivity index (χ1n) is 6.84. The van der Waals surface area contributed by atoms with Gasteiger partial charge in [0.15, 0.2) is 0 Å². The van der Waals surface area contributed by atoms with Gasteiger partial charge in [-0.15, -0.1) is 5.10 Å². The Morgan fingerprint density at radius 2 is 2.17 bits per heavy atom. The Morgan fingerprint density at radius 3 is 2.78 bits per heavy atom. The van der Waals surface area contributed by atoms with Crippen molar-refractivity contribution in [1.29, 1.82) is 0 Å². The number of quaternary nitrogens is 1. The number of nitrogens with one attached hydrogen (secondary N) is 1. The van der Waals surface area contributed by atoms with E-state index in [1.807, 2.05) is 4.68 Å². The van der Waals surface area contributed by atoms with Gasteiger partial charge in [0.2, 0.25) is 0 Å². The van der Waals surface area contributed by atoms with Crippen molar-refractivity contribution >= 4 is 0 Å². The molecule has 0 fully saturated rings. The van der Waals surface area contributed by atoms with Crippen molar-refractivity contribution in [2.75, 3.05) is 13.1 Å². The zero-order valence-electron chi connectivity index (χ0n) is 11.9. The van der Waals surface area contributed by atoms with Crippen molar-refractivity contribution in [2.45, 2.75) is 53.3 Å². The zero-order chi connectivity index (χ0) is 13.3. The maximum atomic E-state index is 10.2. The molecule has 0 saturated carbocycles. The van der Waals surface area contributed by atoms with E-state index in [0.717, 1.165) is 38.3 Å². The summed E-state index contributed by atoms with van der Waals surface area (Å²) in [6.45, 7) is 12.0. The lowest BCUT2D eigenvalue weighted by Crippen LogP contribution is -3.13. The lowest BCUT2D eigenvalue weighted by molar-refractivity contribution is -0.920. The summed E-state index contributed by atoms with van der Waals surface area (Å²) in [4.78, 5) is 1.41. The van der Waals surface area contributed by atoms with Gasteiger partial charge in [-0.1, -0.05) is 26.0 Å². The molecule has 102 valence electrons. The summed E-state index contributed by atoms with van der Waals surface area (Å²) in [6.07, 6.45) is 0.748. The second-order valence-corrected chi connectivity index (χ2v) is 6.31. The SMILES string of the molecule is CCn1nnc2c1CC[NH+](C[C@H](O)C(C)(C)C)C2. The highest BCUT2D eigenvalue weighted by Crippen LogP contribution is 2.18. The van der Waals surface area contributed by atoms with Gasteiger partial charge in [-0.3, -0.25) is 0 Å². The molecule has 1 aromatic rings. The highest BCUT2D eigenvalue weighted by molar-refractivity contribution is 5.10. The van der Waals surface area contributed by atoms with Crippen LogP contribution in [0.3, 0.4) is 0 Å². The number of rotatable bonds is 3. The third-order valence-electron chi connectivity index (χ3n) is 3.83. The summed E-state index contributed by atoms with van der Waals surface area (Å²) in [5.74, 6) is 0. The molecule has 0 spiro atoms. The highest BCUT2D eigenvalue weighted by atomic mass is 16.3. The van der Waals surface area contributed by atoms with Crippen molar-refractivity contribution in [2.24, 2.45) is 5.41 Å². The molecule has 0 aliphatic carbocycles. The van der Waals surface area contributed by atoms with Crippen molar-refractivity contribution in [3.05, 3.63) is 11.4 Å². The molecule has 1 aromatic heterocycles. The molecular formula is C13H25N4O+. The minimum absolute atomic E-state index is 0.0473. The van der Waals surface area contributed by atoms with Crippen LogP contribution in [0.1, 0.15) is 39.1 Å². The topological polar surface area (TPSA) is 55.4 Å². The lowest BCUT2D eigenvalue weighted by atomic mass is 9.88. The van der Waals surface area contributed by atoms with Crippen LogP contribution in [0.5, 0.6) is 0 Å². The number of fused-ring (bicyclic) bond motifs is 1. The predicted octanol–water partition coefficient (Wildman–Crippen LogP) is -0.354. The Hall–Kier alpha value is -0.940. The summed E-state index contributed by atoms with van der Waals surface area (Å²) in [5, 5.41) is 18.6. The Bertz CT molecular complexity index is 408. The maximum absolute atomic E-state index is 10.2. The Labute approximate surface area is 109 Å². The van der Waals surface area contributed by atoms with Crippen molar-refractivity contribution in [3.63, 3.8) is 0 Å². The molecule has 5 nitrogen and oxygen atoms in total. The summed E-state index contributed by atoms with van der Waals surface area (Å²) in [5.41, 5.74) is 2.35. The Morgan fingerprint density at radius 1 is 1.44 bits per heavy atom. The molecule has 2 N–H and O–H groups in total. The average molecular weight is 253 g/mol. The number of hydrogen-bond donors (Lipinski definition) is 2. The first kappa shape index (κ1) is 13.5. The maximum Gasteiger partial charge on any atom is 0.140 e. The quantitative estimate of drug-likeness (QED) is 0.774. The predicted molar refractivity (Wildman–Crippen MR) is 69.3 cm³/mol. The second-order valence-electron chi connectivity index (χ2n) is 6.31. The van der Waals surface area contributed by atoms with Gasteiger partial charge >= 0.3 is 0 Å². The average Bonchev–Trinajstić information content (AvgIpc) is 2.69. The molecule has 2 atom stereocenters. The molecule has 5 heteroatoms. The summed E-state index contributed by atoms with van der Waals surface area (Å²) < 4.78 is 1.99. The van der Waals surface area contributed by atoms with Gasteiger partial charge < -0.3 is 10.0 Å². The number of aliphatic hydroxyl groups is 1. The van der Waals surface area contributed by atoms with E-state index >= 15 is 0 Å². The molecule has 1 unspecified atom stereocenters. The summed E-state index contributed by atoms with van der Waals surface area (Å²) >= 11 is 0. The van der Waals surface area contributed by atoms with Gasteiger partial charge in [-0.05, 0) is 12.3 Å². The molecule has 0 aromatic carbocycles. The van der Waals surface area contributed by atoms with Crippen LogP contribution < -0.4 is 4.90 Å². The fraction of sp³-hybridized carbons (Fsp3) is 0.846. The molecular weight excluding hydrogens is 228 g/mol. The van der Waals surface area contributed by atoms with E-state index in [1.165, 1.54) is 10.6 Å². The van der Waals surface area contributed by atoms with Crippen LogP contribution in [0.25, 0.3) is 0 Å². The molecule has 0 bridgehead atoms. The summed E-state index contributed by atoms with van der Waals surface area (Å²) in [6, 6.07) is 0. The number of aromatic nitrogens is 3. The van der Waals surface area contributed by atoms with E-state index in [9.17, 15) is 5.11 Å². The third-order valence-corrected chi connectivity index (χ3v) is 3.83. The Balaban J connectivity index is 2.00. The number of aryl methyl sites for hydroxylation is 1. The van der Waals surface area contributed by atoms with E-state index in [-0.39, 0.29) is 11.5 Å². The fourth-order valence-corrected chi connectivity index (χ4v) is 2.41. The number of nitrogens with zero attached hydrogens (tertiary/aromatic N) is 3. The van der Waals surface area contributed by atoms with Crippen LogP contribution in [0, 0.1) is 5.41 Å². The van der Waals surface area contributed by atoms with Gasteiger partial charge in [-0.2, -0.15) is 0 Å². The summed E-state index contributed by atoms with van der Waals surface area (Å²) in [7, 11) is 0. The van der Waals surface area contributed by atoms with E-state index in [2.05, 4.69) is 38.0 Å². The molecule has 0 radical (unpaired) electrons. The van der Waals surface area contributed by atoms with E-state index in [0.29, 0.717) is 0 Å². The standard InChI is InChI=1S/C13H24N4O/c1-5-17-11-6-7-16(8-10(11)14-15-17)9-12(18)13(2,3)4/h12,18H,5-9H2,1-4H3/p+1/t12-/m0/s1. The number of hydrogen-bond acceptors (Lipinski definition) is 3. The molecule has 1 aliphatic rings. The smallest absolute Gasteiger partial charge is 0.140 e. The van der Waals surface area contributed by atoms with Crippen molar-refractivity contribution in [3.8, 4) is 0 Å². The van der Waals surface area contributed by atoms with E-state index in [1.54, 1.807) is 0 Å². The minimum Gasteiger partial charge on any atom is -0.387 e. The van der Waals surface area contributed by atoms with Crippen molar-refractivity contribution in [1.82, 2.24) is 15.0 Å². The lowest BCUT2D eigenvalue weighted by Gasteiger charge is -2.31. The van der Waals surface area contributed by atoms with E-state index < -0.39 is 0 Å². The van der Waals surface area contributed by atoms with Crippen LogP contribution in [-0.4, -0.2) is 39.3 Å². The number of aliphatic hydroxyl groups excluding tert-OH is 1. The van der Waals surface area contributed by atoms with Crippen LogP contribution >= 0.6 is 0 Å².